The first-order chi connectivity index (χ1) is 11.9. The SMILES string of the molecule is Cc1cc(C)c([I+]c2cccc(C(C)(C)c3ccccc3)c2)c(C)c1. The summed E-state index contributed by atoms with van der Waals surface area (Å²) in [4.78, 5) is 0. The standard InChI is InChI=1S/C24H26I/c1-17-14-18(2)23(19(3)15-17)25-22-13-9-12-21(16-22)24(4,5)20-10-7-6-8-11-20/h6-16H,1-5H3/q+1. The Morgan fingerprint density at radius 3 is 1.92 bits per heavy atom. The number of benzene rings is 3. The predicted molar refractivity (Wildman–Crippen MR) is 103 cm³/mol. The van der Waals surface area contributed by atoms with E-state index in [1.165, 1.54) is 31.4 Å². The highest BCUT2D eigenvalue weighted by Crippen LogP contribution is 2.30. The summed E-state index contributed by atoms with van der Waals surface area (Å²) in [5.41, 5.74) is 7.04. The minimum absolute atomic E-state index is 0.0262. The van der Waals surface area contributed by atoms with Crippen molar-refractivity contribution in [3.8, 4) is 0 Å². The van der Waals surface area contributed by atoms with Crippen molar-refractivity contribution in [1.29, 1.82) is 0 Å². The number of aryl methyl sites for hydroxylation is 3. The van der Waals surface area contributed by atoms with Crippen molar-refractivity contribution in [2.45, 2.75) is 40.0 Å². The molecule has 128 valence electrons. The highest BCUT2D eigenvalue weighted by molar-refractivity contribution is 5.37. The molecule has 1 heteroatoms. The van der Waals surface area contributed by atoms with Crippen LogP contribution >= 0.6 is 0 Å². The molecule has 25 heavy (non-hydrogen) atoms. The molecule has 0 amide bonds. The Kier molecular flexibility index (Phi) is 5.33. The van der Waals surface area contributed by atoms with E-state index >= 15 is 0 Å². The molecule has 3 aromatic rings. The average Bonchev–Trinajstić information content (AvgIpc) is 2.59. The van der Waals surface area contributed by atoms with E-state index in [1.54, 1.807) is 3.57 Å². The van der Waals surface area contributed by atoms with Gasteiger partial charge in [0.2, 0.25) is 0 Å². The van der Waals surface area contributed by atoms with Gasteiger partial charge in [0, 0.05) is 16.5 Å². The van der Waals surface area contributed by atoms with Crippen LogP contribution in [0, 0.1) is 27.9 Å². The summed E-state index contributed by atoms with van der Waals surface area (Å²) in [6, 6.07) is 24.7. The molecule has 0 radical (unpaired) electrons. The van der Waals surface area contributed by atoms with Gasteiger partial charge in [0.1, 0.15) is 0 Å². The third-order valence-electron chi connectivity index (χ3n) is 4.83. The second kappa shape index (κ2) is 7.33. The van der Waals surface area contributed by atoms with Crippen LogP contribution in [0.25, 0.3) is 0 Å². The third kappa shape index (κ3) is 3.98. The monoisotopic (exact) mass is 441 g/mol. The van der Waals surface area contributed by atoms with Crippen LogP contribution in [0.4, 0.5) is 0 Å². The van der Waals surface area contributed by atoms with Gasteiger partial charge in [-0.05, 0) is 44.0 Å². The Balaban J connectivity index is 1.95. The molecule has 0 bridgehead atoms. The Morgan fingerprint density at radius 1 is 0.680 bits per heavy atom. The summed E-state index contributed by atoms with van der Waals surface area (Å²) in [6.45, 7) is 11.3. The van der Waals surface area contributed by atoms with Crippen LogP contribution in [0.2, 0.25) is 0 Å². The number of hydrogen-bond donors (Lipinski definition) is 0. The van der Waals surface area contributed by atoms with Gasteiger partial charge < -0.3 is 0 Å². The van der Waals surface area contributed by atoms with E-state index in [0.717, 1.165) is 0 Å². The van der Waals surface area contributed by atoms with E-state index in [1.807, 2.05) is 0 Å². The van der Waals surface area contributed by atoms with Crippen molar-refractivity contribution < 1.29 is 21.2 Å². The zero-order valence-corrected chi connectivity index (χ0v) is 17.9. The molecule has 0 aliphatic heterocycles. The van der Waals surface area contributed by atoms with Crippen LogP contribution in [-0.4, -0.2) is 0 Å². The van der Waals surface area contributed by atoms with Gasteiger partial charge in [-0.2, -0.15) is 0 Å². The molecule has 0 aliphatic carbocycles. The molecule has 0 aliphatic rings. The second-order valence-corrected chi connectivity index (χ2v) is 10.2. The van der Waals surface area contributed by atoms with Gasteiger partial charge in [-0.1, -0.05) is 74.0 Å². The summed E-state index contributed by atoms with van der Waals surface area (Å²) in [6.07, 6.45) is 0. The maximum atomic E-state index is 2.43. The van der Waals surface area contributed by atoms with Crippen LogP contribution in [0.15, 0.2) is 66.7 Å². The van der Waals surface area contributed by atoms with Crippen LogP contribution in [0.3, 0.4) is 0 Å². The van der Waals surface area contributed by atoms with Gasteiger partial charge in [-0.25, -0.2) is 0 Å². The average molecular weight is 441 g/mol. The van der Waals surface area contributed by atoms with E-state index in [9.17, 15) is 0 Å². The zero-order chi connectivity index (χ0) is 18.0. The number of halogens is 1. The molecule has 0 fully saturated rings. The van der Waals surface area contributed by atoms with Gasteiger partial charge in [-0.3, -0.25) is 0 Å². The Labute approximate surface area is 162 Å². The molecule has 3 rings (SSSR count). The van der Waals surface area contributed by atoms with Crippen molar-refractivity contribution in [3.05, 3.63) is 102 Å². The smallest absolute Gasteiger partial charge is 0.0622 e. The molecule has 0 saturated carbocycles. The Bertz CT molecular complexity index is 853. The van der Waals surface area contributed by atoms with Gasteiger partial charge in [0.15, 0.2) is 7.14 Å². The van der Waals surface area contributed by atoms with Crippen molar-refractivity contribution in [1.82, 2.24) is 0 Å². The van der Waals surface area contributed by atoms with E-state index in [2.05, 4.69) is 101 Å². The van der Waals surface area contributed by atoms with Gasteiger partial charge >= 0.3 is 21.2 Å². The molecular formula is C24H26I+. The summed E-state index contributed by atoms with van der Waals surface area (Å²) in [5, 5.41) is 0. The van der Waals surface area contributed by atoms with Crippen molar-refractivity contribution in [2.24, 2.45) is 0 Å². The largest absolute Gasteiger partial charge is 0.358 e. The van der Waals surface area contributed by atoms with Crippen LogP contribution in [0.5, 0.6) is 0 Å². The predicted octanol–water partition coefficient (Wildman–Crippen LogP) is 3.07. The van der Waals surface area contributed by atoms with E-state index < -0.39 is 0 Å². The topological polar surface area (TPSA) is 0 Å². The lowest BCUT2D eigenvalue weighted by Crippen LogP contribution is -3.62. The fraction of sp³-hybridized carbons (Fsp3) is 0.250. The summed E-state index contributed by atoms with van der Waals surface area (Å²) in [7, 11) is 0. The lowest BCUT2D eigenvalue weighted by Gasteiger charge is -2.25. The highest BCUT2D eigenvalue weighted by atomic mass is 127. The molecule has 0 spiro atoms. The third-order valence-corrected chi connectivity index (χ3v) is 8.36. The van der Waals surface area contributed by atoms with Crippen molar-refractivity contribution in [2.75, 3.05) is 0 Å². The number of hydrogen-bond acceptors (Lipinski definition) is 0. The van der Waals surface area contributed by atoms with E-state index in [4.69, 9.17) is 0 Å². The van der Waals surface area contributed by atoms with Crippen LogP contribution in [0.1, 0.15) is 41.7 Å². The van der Waals surface area contributed by atoms with E-state index in [-0.39, 0.29) is 26.6 Å². The summed E-state index contributed by atoms with van der Waals surface area (Å²) in [5.74, 6) is 0. The molecule has 3 aromatic carbocycles. The summed E-state index contributed by atoms with van der Waals surface area (Å²) >= 11 is -0.163. The van der Waals surface area contributed by atoms with Gasteiger partial charge in [0.25, 0.3) is 0 Å². The Morgan fingerprint density at radius 2 is 1.28 bits per heavy atom. The number of rotatable bonds is 4. The molecular weight excluding hydrogens is 415 g/mol. The maximum absolute atomic E-state index is 2.43. The quantitative estimate of drug-likeness (QED) is 0.546. The fourth-order valence-corrected chi connectivity index (χ4v) is 6.04. The zero-order valence-electron chi connectivity index (χ0n) is 15.7. The van der Waals surface area contributed by atoms with Crippen molar-refractivity contribution >= 4 is 0 Å². The highest BCUT2D eigenvalue weighted by Gasteiger charge is 2.27. The molecule has 0 heterocycles. The molecule has 0 aromatic heterocycles. The normalized spacial score (nSPS) is 11.6. The molecule has 0 unspecified atom stereocenters. The lowest BCUT2D eigenvalue weighted by molar-refractivity contribution is -0.598. The maximum Gasteiger partial charge on any atom is 0.358 e. The second-order valence-electron chi connectivity index (χ2n) is 7.31. The first-order valence-corrected chi connectivity index (χ1v) is 10.9. The molecule has 0 atom stereocenters. The van der Waals surface area contributed by atoms with E-state index in [0.29, 0.717) is 0 Å². The first kappa shape index (κ1) is 18.2. The minimum Gasteiger partial charge on any atom is -0.0622 e. The minimum atomic E-state index is -0.163. The van der Waals surface area contributed by atoms with Crippen molar-refractivity contribution in [3.63, 3.8) is 0 Å². The summed E-state index contributed by atoms with van der Waals surface area (Å²) < 4.78 is 3.06. The molecule has 0 nitrogen and oxygen atoms in total. The Hall–Kier alpha value is -1.61. The van der Waals surface area contributed by atoms with Crippen LogP contribution < -0.4 is 21.2 Å². The van der Waals surface area contributed by atoms with Crippen LogP contribution in [-0.2, 0) is 5.41 Å². The lowest BCUT2D eigenvalue weighted by atomic mass is 9.78. The molecule has 0 saturated heterocycles. The molecule has 0 N–H and O–H groups in total. The fourth-order valence-electron chi connectivity index (χ4n) is 3.38. The van der Waals surface area contributed by atoms with Gasteiger partial charge in [-0.15, -0.1) is 0 Å². The van der Waals surface area contributed by atoms with Gasteiger partial charge in [0.05, 0.1) is 0 Å². The first-order valence-electron chi connectivity index (χ1n) is 8.76.